The molecule has 26 heavy (non-hydrogen) atoms. The Morgan fingerprint density at radius 1 is 0.885 bits per heavy atom. The Bertz CT molecular complexity index is 723. The highest BCUT2D eigenvalue weighted by Crippen LogP contribution is 2.38. The van der Waals surface area contributed by atoms with Crippen molar-refractivity contribution in [2.75, 3.05) is 40.3 Å². The van der Waals surface area contributed by atoms with Gasteiger partial charge in [-0.2, -0.15) is 0 Å². The minimum absolute atomic E-state index is 0.304. The number of carbonyl (C=O) groups is 1. The summed E-state index contributed by atoms with van der Waals surface area (Å²) in [5.41, 5.74) is 1.57. The molecule has 7 heteroatoms. The second kappa shape index (κ2) is 9.41. The average Bonchev–Trinajstić information content (AvgIpc) is 2.67. The second-order valence-corrected chi connectivity index (χ2v) is 5.36. The van der Waals surface area contributed by atoms with Gasteiger partial charge in [0.05, 0.1) is 34.1 Å². The van der Waals surface area contributed by atoms with Crippen molar-refractivity contribution in [2.24, 2.45) is 0 Å². The second-order valence-electron chi connectivity index (χ2n) is 5.36. The van der Waals surface area contributed by atoms with Gasteiger partial charge in [-0.25, -0.2) is 4.79 Å². The van der Waals surface area contributed by atoms with Gasteiger partial charge in [-0.1, -0.05) is 12.1 Å². The summed E-state index contributed by atoms with van der Waals surface area (Å²) in [6.07, 6.45) is 0.607. The fraction of sp³-hybridized carbons (Fsp3) is 0.316. The van der Waals surface area contributed by atoms with Gasteiger partial charge >= 0.3 is 6.03 Å². The molecular weight excluding hydrogens is 336 g/mol. The fourth-order valence-electron chi connectivity index (χ4n) is 2.51. The lowest BCUT2D eigenvalue weighted by atomic mass is 10.1. The summed E-state index contributed by atoms with van der Waals surface area (Å²) < 4.78 is 21.2. The van der Waals surface area contributed by atoms with Crippen molar-refractivity contribution < 1.29 is 23.7 Å². The highest BCUT2D eigenvalue weighted by Gasteiger charge is 2.13. The van der Waals surface area contributed by atoms with Crippen LogP contribution in [0.2, 0.25) is 0 Å². The van der Waals surface area contributed by atoms with E-state index in [0.29, 0.717) is 41.7 Å². The highest BCUT2D eigenvalue weighted by molar-refractivity contribution is 5.90. The van der Waals surface area contributed by atoms with Gasteiger partial charge in [0.25, 0.3) is 0 Å². The molecule has 0 aliphatic heterocycles. The van der Waals surface area contributed by atoms with Crippen LogP contribution in [0.3, 0.4) is 0 Å². The van der Waals surface area contributed by atoms with E-state index < -0.39 is 0 Å². The summed E-state index contributed by atoms with van der Waals surface area (Å²) in [5, 5.41) is 5.58. The maximum Gasteiger partial charge on any atom is 0.319 e. The van der Waals surface area contributed by atoms with E-state index in [0.717, 1.165) is 5.56 Å². The Kier molecular flexibility index (Phi) is 6.96. The molecule has 0 fully saturated rings. The summed E-state index contributed by atoms with van der Waals surface area (Å²) >= 11 is 0. The van der Waals surface area contributed by atoms with Crippen LogP contribution in [-0.2, 0) is 6.42 Å². The van der Waals surface area contributed by atoms with Gasteiger partial charge in [-0.05, 0) is 36.2 Å². The number of nitrogens with one attached hydrogen (secondary N) is 2. The minimum atomic E-state index is -0.304. The number of amides is 2. The molecule has 0 unspecified atom stereocenters. The number of carbonyl (C=O) groups excluding carboxylic acids is 1. The number of para-hydroxylation sites is 2. The highest BCUT2D eigenvalue weighted by atomic mass is 16.5. The lowest BCUT2D eigenvalue weighted by Crippen LogP contribution is -2.30. The van der Waals surface area contributed by atoms with Gasteiger partial charge in [0.1, 0.15) is 5.75 Å². The Hall–Kier alpha value is -3.09. The summed E-state index contributed by atoms with van der Waals surface area (Å²) in [4.78, 5) is 12.1. The molecule has 0 aliphatic rings. The van der Waals surface area contributed by atoms with Crippen LogP contribution in [0.5, 0.6) is 23.0 Å². The van der Waals surface area contributed by atoms with Crippen LogP contribution in [0.15, 0.2) is 36.4 Å². The number of ether oxygens (including phenoxy) is 4. The minimum Gasteiger partial charge on any atom is -0.495 e. The van der Waals surface area contributed by atoms with Gasteiger partial charge in [-0.3, -0.25) is 0 Å². The number of urea groups is 1. The van der Waals surface area contributed by atoms with Crippen LogP contribution in [0.4, 0.5) is 10.5 Å². The number of hydrogen-bond donors (Lipinski definition) is 2. The number of hydrogen-bond acceptors (Lipinski definition) is 5. The topological polar surface area (TPSA) is 78.1 Å². The molecule has 0 saturated carbocycles. The van der Waals surface area contributed by atoms with Crippen LogP contribution in [-0.4, -0.2) is 41.0 Å². The maximum absolute atomic E-state index is 12.1. The molecule has 2 amide bonds. The number of methoxy groups -OCH3 is 4. The first-order valence-electron chi connectivity index (χ1n) is 8.09. The van der Waals surface area contributed by atoms with Crippen molar-refractivity contribution in [1.82, 2.24) is 5.32 Å². The largest absolute Gasteiger partial charge is 0.495 e. The molecule has 7 nitrogen and oxygen atoms in total. The van der Waals surface area contributed by atoms with Crippen LogP contribution < -0.4 is 29.6 Å². The van der Waals surface area contributed by atoms with Gasteiger partial charge in [0.2, 0.25) is 5.75 Å². The molecular formula is C19H24N2O5. The quantitative estimate of drug-likeness (QED) is 0.756. The summed E-state index contributed by atoms with van der Waals surface area (Å²) in [6, 6.07) is 10.6. The van der Waals surface area contributed by atoms with Crippen LogP contribution in [0.1, 0.15) is 5.56 Å². The summed E-state index contributed by atoms with van der Waals surface area (Å²) in [5.74, 6) is 2.31. The monoisotopic (exact) mass is 360 g/mol. The lowest BCUT2D eigenvalue weighted by molar-refractivity contribution is 0.252. The van der Waals surface area contributed by atoms with Gasteiger partial charge < -0.3 is 29.6 Å². The third-order valence-corrected chi connectivity index (χ3v) is 3.78. The smallest absolute Gasteiger partial charge is 0.319 e. The summed E-state index contributed by atoms with van der Waals surface area (Å²) in [6.45, 7) is 0.444. The molecule has 0 atom stereocenters. The molecule has 0 aromatic heterocycles. The molecule has 0 aliphatic carbocycles. The van der Waals surface area contributed by atoms with Crippen LogP contribution in [0.25, 0.3) is 0 Å². The summed E-state index contributed by atoms with van der Waals surface area (Å²) in [7, 11) is 6.26. The maximum atomic E-state index is 12.1. The molecule has 0 heterocycles. The molecule has 0 radical (unpaired) electrons. The zero-order valence-corrected chi connectivity index (χ0v) is 15.4. The van der Waals surface area contributed by atoms with E-state index >= 15 is 0 Å². The van der Waals surface area contributed by atoms with Gasteiger partial charge in [0, 0.05) is 6.54 Å². The van der Waals surface area contributed by atoms with E-state index in [1.165, 1.54) is 0 Å². The number of anilines is 1. The van der Waals surface area contributed by atoms with Crippen molar-refractivity contribution in [3.8, 4) is 23.0 Å². The van der Waals surface area contributed by atoms with E-state index in [-0.39, 0.29) is 6.03 Å². The van der Waals surface area contributed by atoms with Crippen molar-refractivity contribution in [1.29, 1.82) is 0 Å². The van der Waals surface area contributed by atoms with E-state index in [2.05, 4.69) is 10.6 Å². The van der Waals surface area contributed by atoms with E-state index in [4.69, 9.17) is 18.9 Å². The predicted octanol–water partition coefficient (Wildman–Crippen LogP) is 3.09. The fourth-order valence-corrected chi connectivity index (χ4v) is 2.51. The van der Waals surface area contributed by atoms with E-state index in [9.17, 15) is 4.79 Å². The van der Waals surface area contributed by atoms with Crippen molar-refractivity contribution in [2.45, 2.75) is 6.42 Å². The Morgan fingerprint density at radius 3 is 2.08 bits per heavy atom. The molecule has 2 aromatic carbocycles. The SMILES string of the molecule is COc1ccccc1NC(=O)NCCc1cc(OC)c(OC)c(OC)c1. The van der Waals surface area contributed by atoms with Crippen molar-refractivity contribution in [3.05, 3.63) is 42.0 Å². The van der Waals surface area contributed by atoms with Crippen molar-refractivity contribution >= 4 is 11.7 Å². The Morgan fingerprint density at radius 2 is 1.50 bits per heavy atom. The van der Waals surface area contributed by atoms with E-state index in [1.807, 2.05) is 24.3 Å². The molecule has 2 N–H and O–H groups in total. The van der Waals surface area contributed by atoms with Crippen LogP contribution in [0, 0.1) is 0 Å². The third kappa shape index (κ3) is 4.72. The van der Waals surface area contributed by atoms with Gasteiger partial charge in [-0.15, -0.1) is 0 Å². The Balaban J connectivity index is 1.96. The first kappa shape index (κ1) is 19.2. The normalized spacial score (nSPS) is 10.0. The third-order valence-electron chi connectivity index (χ3n) is 3.78. The van der Waals surface area contributed by atoms with E-state index in [1.54, 1.807) is 40.6 Å². The average molecular weight is 360 g/mol. The zero-order valence-electron chi connectivity index (χ0n) is 15.4. The van der Waals surface area contributed by atoms with Crippen LogP contribution >= 0.6 is 0 Å². The first-order valence-corrected chi connectivity index (χ1v) is 8.09. The number of rotatable bonds is 8. The Labute approximate surface area is 153 Å². The molecule has 140 valence electrons. The van der Waals surface area contributed by atoms with Gasteiger partial charge in [0.15, 0.2) is 11.5 Å². The molecule has 2 rings (SSSR count). The zero-order chi connectivity index (χ0) is 18.9. The standard InChI is InChI=1S/C19H24N2O5/c1-23-15-8-6-5-7-14(15)21-19(22)20-10-9-13-11-16(24-2)18(26-4)17(12-13)25-3/h5-8,11-12H,9-10H2,1-4H3,(H2,20,21,22). The molecule has 0 bridgehead atoms. The molecule has 0 spiro atoms. The van der Waals surface area contributed by atoms with Crippen molar-refractivity contribution in [3.63, 3.8) is 0 Å². The molecule has 0 saturated heterocycles. The first-order chi connectivity index (χ1) is 12.6. The predicted molar refractivity (Wildman–Crippen MR) is 99.8 cm³/mol. The lowest BCUT2D eigenvalue weighted by Gasteiger charge is -2.14. The number of benzene rings is 2. The molecule has 2 aromatic rings.